The first-order valence-electron chi connectivity index (χ1n) is 2.83. The SMILES string of the molecule is Oc1cc(C(F)(F)F)cnc1I. The van der Waals surface area contributed by atoms with Gasteiger partial charge < -0.3 is 5.11 Å². The van der Waals surface area contributed by atoms with Crippen LogP contribution in [0.25, 0.3) is 0 Å². The molecule has 0 saturated heterocycles. The molecule has 0 bridgehead atoms. The molecule has 1 N–H and O–H groups in total. The molecule has 0 aromatic carbocycles. The summed E-state index contributed by atoms with van der Waals surface area (Å²) in [6, 6.07) is 0.648. The van der Waals surface area contributed by atoms with Gasteiger partial charge in [0.2, 0.25) is 0 Å². The lowest BCUT2D eigenvalue weighted by Crippen LogP contribution is -2.05. The van der Waals surface area contributed by atoms with Crippen LogP contribution in [0.2, 0.25) is 0 Å². The predicted octanol–water partition coefficient (Wildman–Crippen LogP) is 2.41. The molecule has 0 saturated carbocycles. The van der Waals surface area contributed by atoms with E-state index in [0.717, 1.165) is 0 Å². The van der Waals surface area contributed by atoms with E-state index in [1.54, 1.807) is 22.6 Å². The Labute approximate surface area is 79.6 Å². The number of aromatic nitrogens is 1. The molecule has 0 radical (unpaired) electrons. The molecule has 0 aliphatic rings. The normalized spacial score (nSPS) is 11.7. The summed E-state index contributed by atoms with van der Waals surface area (Å²) in [7, 11) is 0. The van der Waals surface area contributed by atoms with E-state index in [-0.39, 0.29) is 3.70 Å². The Bertz CT molecular complexity index is 299. The third-order valence-corrected chi connectivity index (χ3v) is 1.98. The third-order valence-electron chi connectivity index (χ3n) is 1.15. The van der Waals surface area contributed by atoms with Crippen LogP contribution in [0, 0.1) is 3.70 Å². The highest BCUT2D eigenvalue weighted by atomic mass is 127. The monoisotopic (exact) mass is 289 g/mol. The van der Waals surface area contributed by atoms with Gasteiger partial charge in [0.15, 0.2) is 0 Å². The van der Waals surface area contributed by atoms with Crippen molar-refractivity contribution < 1.29 is 18.3 Å². The van der Waals surface area contributed by atoms with Crippen molar-refractivity contribution in [2.45, 2.75) is 6.18 Å². The van der Waals surface area contributed by atoms with E-state index in [4.69, 9.17) is 5.11 Å². The largest absolute Gasteiger partial charge is 0.505 e. The van der Waals surface area contributed by atoms with E-state index in [1.807, 2.05) is 0 Å². The zero-order valence-electron chi connectivity index (χ0n) is 5.56. The second-order valence-corrected chi connectivity index (χ2v) is 3.05. The predicted molar refractivity (Wildman–Crippen MR) is 43.6 cm³/mol. The van der Waals surface area contributed by atoms with Gasteiger partial charge in [-0.1, -0.05) is 0 Å². The fourth-order valence-electron chi connectivity index (χ4n) is 0.591. The fraction of sp³-hybridized carbons (Fsp3) is 0.167. The standard InChI is InChI=1S/C6H3F3INO/c7-6(8,9)3-1-4(12)5(10)11-2-3/h1-2,12H. The number of halogens is 4. The minimum Gasteiger partial charge on any atom is -0.505 e. The topological polar surface area (TPSA) is 33.1 Å². The van der Waals surface area contributed by atoms with Crippen molar-refractivity contribution in [3.05, 3.63) is 21.5 Å². The molecule has 0 atom stereocenters. The Morgan fingerprint density at radius 3 is 2.42 bits per heavy atom. The van der Waals surface area contributed by atoms with Crippen LogP contribution >= 0.6 is 22.6 Å². The summed E-state index contributed by atoms with van der Waals surface area (Å²) < 4.78 is 36.0. The van der Waals surface area contributed by atoms with Crippen LogP contribution in [0.3, 0.4) is 0 Å². The summed E-state index contributed by atoms with van der Waals surface area (Å²) in [6.45, 7) is 0. The molecule has 12 heavy (non-hydrogen) atoms. The van der Waals surface area contributed by atoms with Gasteiger partial charge in [-0.25, -0.2) is 4.98 Å². The van der Waals surface area contributed by atoms with Gasteiger partial charge in [0.1, 0.15) is 9.45 Å². The Morgan fingerprint density at radius 2 is 2.00 bits per heavy atom. The summed E-state index contributed by atoms with van der Waals surface area (Å²) in [5.41, 5.74) is -0.944. The van der Waals surface area contributed by atoms with Crippen LogP contribution in [-0.4, -0.2) is 10.1 Å². The number of pyridine rings is 1. The van der Waals surface area contributed by atoms with Crippen molar-refractivity contribution in [2.75, 3.05) is 0 Å². The lowest BCUT2D eigenvalue weighted by molar-refractivity contribution is -0.138. The van der Waals surface area contributed by atoms with Crippen molar-refractivity contribution >= 4 is 22.6 Å². The van der Waals surface area contributed by atoms with Gasteiger partial charge in [-0.15, -0.1) is 0 Å². The van der Waals surface area contributed by atoms with Crippen LogP contribution in [0.15, 0.2) is 12.3 Å². The summed E-state index contributed by atoms with van der Waals surface area (Å²) in [6.07, 6.45) is -3.77. The minimum atomic E-state index is -4.45. The summed E-state index contributed by atoms with van der Waals surface area (Å²) in [5.74, 6) is -0.453. The van der Waals surface area contributed by atoms with E-state index in [1.165, 1.54) is 0 Å². The smallest absolute Gasteiger partial charge is 0.418 e. The molecular weight excluding hydrogens is 286 g/mol. The molecule has 0 amide bonds. The first kappa shape index (κ1) is 9.56. The van der Waals surface area contributed by atoms with Crippen LogP contribution in [-0.2, 0) is 6.18 Å². The average molecular weight is 289 g/mol. The highest BCUT2D eigenvalue weighted by molar-refractivity contribution is 14.1. The Balaban J connectivity index is 3.14. The van der Waals surface area contributed by atoms with Gasteiger partial charge in [-0.05, 0) is 28.7 Å². The second kappa shape index (κ2) is 3.08. The number of nitrogens with zero attached hydrogens (tertiary/aromatic N) is 1. The number of hydrogen-bond acceptors (Lipinski definition) is 2. The number of alkyl halides is 3. The van der Waals surface area contributed by atoms with E-state index < -0.39 is 17.5 Å². The van der Waals surface area contributed by atoms with E-state index in [9.17, 15) is 13.2 Å². The average Bonchev–Trinajstić information content (AvgIpc) is 1.92. The van der Waals surface area contributed by atoms with E-state index >= 15 is 0 Å². The molecule has 1 aromatic rings. The maximum Gasteiger partial charge on any atom is 0.418 e. The highest BCUT2D eigenvalue weighted by Crippen LogP contribution is 2.31. The summed E-state index contributed by atoms with van der Waals surface area (Å²) >= 11 is 1.64. The summed E-state index contributed by atoms with van der Waals surface area (Å²) in [4.78, 5) is 3.36. The van der Waals surface area contributed by atoms with Crippen molar-refractivity contribution in [1.82, 2.24) is 4.98 Å². The minimum absolute atomic E-state index is 0.153. The van der Waals surface area contributed by atoms with Crippen LogP contribution in [0.4, 0.5) is 13.2 Å². The zero-order valence-corrected chi connectivity index (χ0v) is 7.72. The number of hydrogen-bond donors (Lipinski definition) is 1. The summed E-state index contributed by atoms with van der Waals surface area (Å²) in [5, 5.41) is 8.89. The molecule has 66 valence electrons. The number of rotatable bonds is 0. The molecule has 6 heteroatoms. The van der Waals surface area contributed by atoms with Crippen molar-refractivity contribution in [2.24, 2.45) is 0 Å². The third kappa shape index (κ3) is 1.99. The molecule has 2 nitrogen and oxygen atoms in total. The Kier molecular flexibility index (Phi) is 2.45. The van der Waals surface area contributed by atoms with Gasteiger partial charge >= 0.3 is 6.18 Å². The first-order valence-corrected chi connectivity index (χ1v) is 3.91. The van der Waals surface area contributed by atoms with Crippen molar-refractivity contribution in [3.63, 3.8) is 0 Å². The van der Waals surface area contributed by atoms with Gasteiger partial charge in [-0.2, -0.15) is 13.2 Å². The molecule has 1 aromatic heterocycles. The Morgan fingerprint density at radius 1 is 1.42 bits per heavy atom. The van der Waals surface area contributed by atoms with Crippen molar-refractivity contribution in [1.29, 1.82) is 0 Å². The van der Waals surface area contributed by atoms with Crippen LogP contribution in [0.1, 0.15) is 5.56 Å². The van der Waals surface area contributed by atoms with Crippen LogP contribution in [0.5, 0.6) is 5.75 Å². The van der Waals surface area contributed by atoms with Gasteiger partial charge in [0, 0.05) is 6.20 Å². The lowest BCUT2D eigenvalue weighted by Gasteiger charge is -2.05. The molecule has 0 fully saturated rings. The molecule has 0 unspecified atom stereocenters. The lowest BCUT2D eigenvalue weighted by atomic mass is 10.3. The molecule has 1 heterocycles. The first-order chi connectivity index (χ1) is 5.41. The number of aromatic hydroxyl groups is 1. The molecule has 0 spiro atoms. The van der Waals surface area contributed by atoms with Gasteiger partial charge in [0.05, 0.1) is 5.56 Å². The highest BCUT2D eigenvalue weighted by Gasteiger charge is 2.31. The molecule has 0 aliphatic carbocycles. The van der Waals surface area contributed by atoms with Crippen molar-refractivity contribution in [3.8, 4) is 5.75 Å². The Hall–Kier alpha value is -0.530. The second-order valence-electron chi connectivity index (χ2n) is 2.03. The molecule has 0 aliphatic heterocycles. The fourth-order valence-corrected chi connectivity index (χ4v) is 0.886. The van der Waals surface area contributed by atoms with Gasteiger partial charge in [0.25, 0.3) is 0 Å². The van der Waals surface area contributed by atoms with Crippen LogP contribution < -0.4 is 0 Å². The molecule has 1 rings (SSSR count). The maximum atomic E-state index is 11.9. The van der Waals surface area contributed by atoms with Gasteiger partial charge in [-0.3, -0.25) is 0 Å². The van der Waals surface area contributed by atoms with E-state index in [0.29, 0.717) is 12.3 Å². The maximum absolute atomic E-state index is 11.9. The zero-order chi connectivity index (χ0) is 9.35. The quantitative estimate of drug-likeness (QED) is 0.587. The van der Waals surface area contributed by atoms with E-state index in [2.05, 4.69) is 4.98 Å². The molecular formula is C6H3F3INO.